The maximum absolute atomic E-state index is 10.4. The van der Waals surface area contributed by atoms with Crippen LogP contribution in [0.3, 0.4) is 0 Å². The number of rotatable bonds is 12. The summed E-state index contributed by atoms with van der Waals surface area (Å²) in [6, 6.07) is 0.791. The number of amides is 1. The van der Waals surface area contributed by atoms with E-state index in [4.69, 9.17) is 19.0 Å². The molecule has 7 heteroatoms. The van der Waals surface area contributed by atoms with Gasteiger partial charge in [0.1, 0.15) is 0 Å². The fourth-order valence-corrected chi connectivity index (χ4v) is 4.48. The standard InChI is InChI=1S/C12H27NO5Si/c1-4-16-19(17-5-2,18-6-3)11-9-7-8-10-15-12(13)14/h4-11H2,1-3H3,(H2,13,14). The van der Waals surface area contributed by atoms with Crippen molar-refractivity contribution in [2.45, 2.75) is 46.1 Å². The first kappa shape index (κ1) is 18.4. The number of primary amides is 1. The minimum atomic E-state index is -2.51. The molecule has 0 aliphatic heterocycles. The van der Waals surface area contributed by atoms with Gasteiger partial charge in [-0.3, -0.25) is 0 Å². The van der Waals surface area contributed by atoms with Gasteiger partial charge in [0.2, 0.25) is 0 Å². The molecule has 0 spiro atoms. The molecule has 0 aliphatic carbocycles. The van der Waals surface area contributed by atoms with E-state index >= 15 is 0 Å². The average Bonchev–Trinajstić information content (AvgIpc) is 2.34. The third-order valence-electron chi connectivity index (χ3n) is 2.46. The summed E-state index contributed by atoms with van der Waals surface area (Å²) in [7, 11) is -2.51. The van der Waals surface area contributed by atoms with Crippen LogP contribution < -0.4 is 5.73 Å². The predicted octanol–water partition coefficient (Wildman–Crippen LogP) is 2.30. The topological polar surface area (TPSA) is 80.0 Å². The second-order valence-electron chi connectivity index (χ2n) is 3.96. The Hall–Kier alpha value is -0.633. The molecule has 0 aliphatic rings. The van der Waals surface area contributed by atoms with Crippen molar-refractivity contribution in [1.29, 1.82) is 0 Å². The molecular weight excluding hydrogens is 266 g/mol. The van der Waals surface area contributed by atoms with Gasteiger partial charge < -0.3 is 23.7 Å². The van der Waals surface area contributed by atoms with Crippen LogP contribution in [0.5, 0.6) is 0 Å². The molecule has 0 aromatic rings. The van der Waals surface area contributed by atoms with E-state index in [0.717, 1.165) is 25.3 Å². The summed E-state index contributed by atoms with van der Waals surface area (Å²) >= 11 is 0. The molecule has 0 fully saturated rings. The van der Waals surface area contributed by atoms with Crippen molar-refractivity contribution < 1.29 is 22.8 Å². The van der Waals surface area contributed by atoms with Crippen molar-refractivity contribution in [3.05, 3.63) is 0 Å². The lowest BCUT2D eigenvalue weighted by atomic mass is 10.3. The Morgan fingerprint density at radius 2 is 1.47 bits per heavy atom. The summed E-state index contributed by atoms with van der Waals surface area (Å²) in [5, 5.41) is 0. The molecular formula is C12H27NO5Si. The van der Waals surface area contributed by atoms with Crippen molar-refractivity contribution in [2.75, 3.05) is 26.4 Å². The molecule has 1 amide bonds. The van der Waals surface area contributed by atoms with Crippen molar-refractivity contribution >= 4 is 14.9 Å². The largest absolute Gasteiger partial charge is 0.500 e. The third kappa shape index (κ3) is 8.98. The number of carbonyl (C=O) groups excluding carboxylic acids is 1. The van der Waals surface area contributed by atoms with Crippen LogP contribution in [0.2, 0.25) is 6.04 Å². The number of hydrogen-bond donors (Lipinski definition) is 1. The van der Waals surface area contributed by atoms with Crippen molar-refractivity contribution in [1.82, 2.24) is 0 Å². The second kappa shape index (κ2) is 11.2. The zero-order valence-corrected chi connectivity index (χ0v) is 13.3. The third-order valence-corrected chi connectivity index (χ3v) is 5.62. The van der Waals surface area contributed by atoms with Crippen molar-refractivity contribution in [3.63, 3.8) is 0 Å². The summed E-state index contributed by atoms with van der Waals surface area (Å²) in [5.74, 6) is 0. The number of ether oxygens (including phenoxy) is 1. The van der Waals surface area contributed by atoms with E-state index in [0.29, 0.717) is 26.4 Å². The normalized spacial score (nSPS) is 11.5. The Morgan fingerprint density at radius 1 is 0.947 bits per heavy atom. The maximum atomic E-state index is 10.4. The van der Waals surface area contributed by atoms with E-state index in [-0.39, 0.29) is 0 Å². The number of unbranched alkanes of at least 4 members (excludes halogenated alkanes) is 2. The van der Waals surface area contributed by atoms with E-state index in [9.17, 15) is 4.79 Å². The smallest absolute Gasteiger partial charge is 0.450 e. The van der Waals surface area contributed by atoms with Gasteiger partial charge in [0, 0.05) is 25.9 Å². The Balaban J connectivity index is 3.99. The van der Waals surface area contributed by atoms with E-state index in [1.807, 2.05) is 20.8 Å². The van der Waals surface area contributed by atoms with Crippen LogP contribution in [0.4, 0.5) is 4.79 Å². The quantitative estimate of drug-likeness (QED) is 0.441. The van der Waals surface area contributed by atoms with Gasteiger partial charge in [0.15, 0.2) is 0 Å². The van der Waals surface area contributed by atoms with Crippen LogP contribution in [-0.4, -0.2) is 41.3 Å². The van der Waals surface area contributed by atoms with Crippen LogP contribution >= 0.6 is 0 Å². The highest BCUT2D eigenvalue weighted by atomic mass is 28.4. The number of hydrogen-bond acceptors (Lipinski definition) is 5. The van der Waals surface area contributed by atoms with Gasteiger partial charge >= 0.3 is 14.9 Å². The summed E-state index contributed by atoms with van der Waals surface area (Å²) in [6.45, 7) is 7.98. The molecule has 0 heterocycles. The summed E-state index contributed by atoms with van der Waals surface area (Å²) in [5.41, 5.74) is 4.88. The molecule has 0 bridgehead atoms. The van der Waals surface area contributed by atoms with E-state index in [1.54, 1.807) is 0 Å². The van der Waals surface area contributed by atoms with Crippen molar-refractivity contribution in [3.8, 4) is 0 Å². The van der Waals surface area contributed by atoms with E-state index < -0.39 is 14.9 Å². The first-order valence-electron chi connectivity index (χ1n) is 6.94. The SMILES string of the molecule is CCO[Si](CCCCCOC(N)=O)(OCC)OCC. The van der Waals surface area contributed by atoms with Crippen LogP contribution in [0.1, 0.15) is 40.0 Å². The maximum Gasteiger partial charge on any atom is 0.500 e. The zero-order chi connectivity index (χ0) is 14.6. The lowest BCUT2D eigenvalue weighted by molar-refractivity contribution is 0.0704. The van der Waals surface area contributed by atoms with Gasteiger partial charge in [-0.2, -0.15) is 0 Å². The molecule has 0 saturated heterocycles. The molecule has 0 saturated carbocycles. The van der Waals surface area contributed by atoms with Gasteiger partial charge in [0.05, 0.1) is 6.61 Å². The Kier molecular flexibility index (Phi) is 10.8. The number of nitrogens with two attached hydrogens (primary N) is 1. The van der Waals surface area contributed by atoms with Gasteiger partial charge in [-0.25, -0.2) is 4.79 Å². The Labute approximate surface area is 116 Å². The molecule has 6 nitrogen and oxygen atoms in total. The first-order chi connectivity index (χ1) is 9.10. The van der Waals surface area contributed by atoms with Crippen LogP contribution in [0.25, 0.3) is 0 Å². The van der Waals surface area contributed by atoms with Gasteiger partial charge in [-0.15, -0.1) is 0 Å². The second-order valence-corrected chi connectivity index (χ2v) is 6.69. The van der Waals surface area contributed by atoms with E-state index in [2.05, 4.69) is 4.74 Å². The molecule has 0 rings (SSSR count). The van der Waals surface area contributed by atoms with E-state index in [1.165, 1.54) is 0 Å². The van der Waals surface area contributed by atoms with Crippen LogP contribution in [-0.2, 0) is 18.0 Å². The Morgan fingerprint density at radius 3 is 1.89 bits per heavy atom. The summed E-state index contributed by atoms with van der Waals surface area (Å²) < 4.78 is 21.9. The van der Waals surface area contributed by atoms with Gasteiger partial charge in [-0.1, -0.05) is 6.42 Å². The lowest BCUT2D eigenvalue weighted by Crippen LogP contribution is -2.45. The molecule has 0 unspecified atom stereocenters. The Bertz CT molecular complexity index is 223. The molecule has 0 atom stereocenters. The molecule has 0 aromatic heterocycles. The average molecular weight is 293 g/mol. The van der Waals surface area contributed by atoms with Crippen molar-refractivity contribution in [2.24, 2.45) is 5.73 Å². The number of carbonyl (C=O) groups is 1. The molecule has 19 heavy (non-hydrogen) atoms. The lowest BCUT2D eigenvalue weighted by Gasteiger charge is -2.28. The first-order valence-corrected chi connectivity index (χ1v) is 8.87. The fraction of sp³-hybridized carbons (Fsp3) is 0.917. The fourth-order valence-electron chi connectivity index (χ4n) is 1.79. The molecule has 114 valence electrons. The highest BCUT2D eigenvalue weighted by molar-refractivity contribution is 6.60. The minimum Gasteiger partial charge on any atom is -0.450 e. The molecule has 0 radical (unpaired) electrons. The highest BCUT2D eigenvalue weighted by Crippen LogP contribution is 2.19. The van der Waals surface area contributed by atoms with Gasteiger partial charge in [0.25, 0.3) is 0 Å². The van der Waals surface area contributed by atoms with Crippen LogP contribution in [0.15, 0.2) is 0 Å². The van der Waals surface area contributed by atoms with Crippen LogP contribution in [0, 0.1) is 0 Å². The van der Waals surface area contributed by atoms with Gasteiger partial charge in [-0.05, 0) is 33.6 Å². The monoisotopic (exact) mass is 293 g/mol. The predicted molar refractivity (Wildman–Crippen MR) is 74.8 cm³/mol. The molecule has 0 aromatic carbocycles. The highest BCUT2D eigenvalue weighted by Gasteiger charge is 2.39. The summed E-state index contributed by atoms with van der Waals surface area (Å²) in [6.07, 6.45) is 1.92. The zero-order valence-electron chi connectivity index (χ0n) is 12.3. The molecule has 2 N–H and O–H groups in total. The minimum absolute atomic E-state index is 0.363. The summed E-state index contributed by atoms with van der Waals surface area (Å²) in [4.78, 5) is 10.4.